The average Bonchev–Trinajstić information content (AvgIpc) is 3.15. The van der Waals surface area contributed by atoms with E-state index >= 15 is 0 Å². The SMILES string of the molecule is COCCC1(CNC(=O)C2NCCCC2C)CC1. The Labute approximate surface area is 110 Å². The summed E-state index contributed by atoms with van der Waals surface area (Å²) in [4.78, 5) is 12.2. The lowest BCUT2D eigenvalue weighted by molar-refractivity contribution is -0.125. The van der Waals surface area contributed by atoms with Gasteiger partial charge in [-0.15, -0.1) is 0 Å². The minimum Gasteiger partial charge on any atom is -0.385 e. The number of hydrogen-bond donors (Lipinski definition) is 2. The van der Waals surface area contributed by atoms with Gasteiger partial charge in [0.05, 0.1) is 6.04 Å². The summed E-state index contributed by atoms with van der Waals surface area (Å²) in [6.45, 7) is 4.75. The molecule has 0 aromatic rings. The third-order valence-corrected chi connectivity index (χ3v) is 4.48. The summed E-state index contributed by atoms with van der Waals surface area (Å²) in [6.07, 6.45) is 5.86. The van der Waals surface area contributed by atoms with Gasteiger partial charge in [0.15, 0.2) is 0 Å². The van der Waals surface area contributed by atoms with Gasteiger partial charge in [-0.05, 0) is 50.0 Å². The Morgan fingerprint density at radius 2 is 2.28 bits per heavy atom. The Kier molecular flexibility index (Phi) is 4.62. The van der Waals surface area contributed by atoms with E-state index in [1.807, 2.05) is 0 Å². The van der Waals surface area contributed by atoms with Gasteiger partial charge >= 0.3 is 0 Å². The van der Waals surface area contributed by atoms with Crippen LogP contribution in [0.3, 0.4) is 0 Å². The molecule has 2 aliphatic rings. The highest BCUT2D eigenvalue weighted by Crippen LogP contribution is 2.48. The van der Waals surface area contributed by atoms with Crippen LogP contribution in [0.4, 0.5) is 0 Å². The molecule has 1 heterocycles. The van der Waals surface area contributed by atoms with Crippen LogP contribution >= 0.6 is 0 Å². The van der Waals surface area contributed by atoms with Crippen LogP contribution in [-0.4, -0.2) is 38.8 Å². The molecule has 104 valence electrons. The van der Waals surface area contributed by atoms with Crippen molar-refractivity contribution >= 4 is 5.91 Å². The summed E-state index contributed by atoms with van der Waals surface area (Å²) in [5.41, 5.74) is 0.337. The van der Waals surface area contributed by atoms with Crippen LogP contribution < -0.4 is 10.6 Å². The van der Waals surface area contributed by atoms with Gasteiger partial charge in [0.1, 0.15) is 0 Å². The van der Waals surface area contributed by atoms with Gasteiger partial charge in [0, 0.05) is 20.3 Å². The molecule has 1 amide bonds. The van der Waals surface area contributed by atoms with Crippen LogP contribution in [0.1, 0.15) is 39.0 Å². The zero-order chi connectivity index (χ0) is 13.0. The van der Waals surface area contributed by atoms with Crippen LogP contribution in [0, 0.1) is 11.3 Å². The molecule has 2 fully saturated rings. The summed E-state index contributed by atoms with van der Waals surface area (Å²) in [6, 6.07) is 0.0111. The van der Waals surface area contributed by atoms with Gasteiger partial charge in [0.25, 0.3) is 0 Å². The number of ether oxygens (including phenoxy) is 1. The summed E-state index contributed by atoms with van der Waals surface area (Å²) < 4.78 is 5.13. The van der Waals surface area contributed by atoms with Crippen molar-refractivity contribution in [3.05, 3.63) is 0 Å². The molecule has 1 aliphatic carbocycles. The molecule has 0 spiro atoms. The first-order valence-corrected chi connectivity index (χ1v) is 7.17. The molecule has 2 N–H and O–H groups in total. The van der Waals surface area contributed by atoms with E-state index in [0.717, 1.165) is 32.5 Å². The Morgan fingerprint density at radius 1 is 1.50 bits per heavy atom. The number of piperidine rings is 1. The van der Waals surface area contributed by atoms with Crippen LogP contribution in [0.2, 0.25) is 0 Å². The fourth-order valence-corrected chi connectivity index (χ4v) is 2.80. The topological polar surface area (TPSA) is 50.4 Å². The molecular weight excluding hydrogens is 228 g/mol. The van der Waals surface area contributed by atoms with Crippen molar-refractivity contribution in [2.75, 3.05) is 26.8 Å². The smallest absolute Gasteiger partial charge is 0.237 e. The second-order valence-corrected chi connectivity index (χ2v) is 6.01. The average molecular weight is 254 g/mol. The monoisotopic (exact) mass is 254 g/mol. The Morgan fingerprint density at radius 3 is 2.89 bits per heavy atom. The first-order valence-electron chi connectivity index (χ1n) is 7.17. The third kappa shape index (κ3) is 3.45. The second kappa shape index (κ2) is 6.02. The van der Waals surface area contributed by atoms with Gasteiger partial charge in [-0.25, -0.2) is 0 Å². The normalized spacial score (nSPS) is 29.9. The van der Waals surface area contributed by atoms with E-state index in [2.05, 4.69) is 17.6 Å². The Balaban J connectivity index is 1.74. The lowest BCUT2D eigenvalue weighted by Gasteiger charge is -2.29. The number of nitrogens with one attached hydrogen (secondary N) is 2. The number of hydrogen-bond acceptors (Lipinski definition) is 3. The van der Waals surface area contributed by atoms with Crippen LogP contribution in [0.15, 0.2) is 0 Å². The van der Waals surface area contributed by atoms with Gasteiger partial charge in [0.2, 0.25) is 5.91 Å². The van der Waals surface area contributed by atoms with E-state index in [4.69, 9.17) is 4.74 Å². The number of amides is 1. The summed E-state index contributed by atoms with van der Waals surface area (Å²) in [5.74, 6) is 0.638. The molecule has 4 heteroatoms. The maximum Gasteiger partial charge on any atom is 0.237 e. The van der Waals surface area contributed by atoms with Crippen LogP contribution in [-0.2, 0) is 9.53 Å². The van der Waals surface area contributed by atoms with Crippen molar-refractivity contribution in [3.63, 3.8) is 0 Å². The van der Waals surface area contributed by atoms with Crippen LogP contribution in [0.25, 0.3) is 0 Å². The first kappa shape index (κ1) is 13.8. The number of methoxy groups -OCH3 is 1. The van der Waals surface area contributed by atoms with Crippen molar-refractivity contribution in [1.29, 1.82) is 0 Å². The highest BCUT2D eigenvalue weighted by molar-refractivity contribution is 5.82. The highest BCUT2D eigenvalue weighted by atomic mass is 16.5. The Hall–Kier alpha value is -0.610. The largest absolute Gasteiger partial charge is 0.385 e. The van der Waals surface area contributed by atoms with Gasteiger partial charge in [-0.3, -0.25) is 4.79 Å². The zero-order valence-corrected chi connectivity index (χ0v) is 11.6. The summed E-state index contributed by atoms with van der Waals surface area (Å²) >= 11 is 0. The van der Waals surface area contributed by atoms with E-state index in [1.54, 1.807) is 7.11 Å². The summed E-state index contributed by atoms with van der Waals surface area (Å²) in [5, 5.41) is 6.47. The molecular formula is C14H26N2O2. The third-order valence-electron chi connectivity index (χ3n) is 4.48. The van der Waals surface area contributed by atoms with Crippen LogP contribution in [0.5, 0.6) is 0 Å². The van der Waals surface area contributed by atoms with E-state index in [-0.39, 0.29) is 11.9 Å². The lowest BCUT2D eigenvalue weighted by Crippen LogP contribution is -2.51. The predicted molar refractivity (Wildman–Crippen MR) is 71.4 cm³/mol. The lowest BCUT2D eigenvalue weighted by atomic mass is 9.92. The van der Waals surface area contributed by atoms with Crippen molar-refractivity contribution in [3.8, 4) is 0 Å². The molecule has 1 aliphatic heterocycles. The molecule has 0 bridgehead atoms. The fraction of sp³-hybridized carbons (Fsp3) is 0.929. The molecule has 1 saturated carbocycles. The van der Waals surface area contributed by atoms with Crippen molar-refractivity contribution in [2.45, 2.75) is 45.1 Å². The first-order chi connectivity index (χ1) is 8.67. The van der Waals surface area contributed by atoms with Gasteiger partial charge in [-0.1, -0.05) is 6.92 Å². The molecule has 18 heavy (non-hydrogen) atoms. The summed E-state index contributed by atoms with van der Waals surface area (Å²) in [7, 11) is 1.74. The molecule has 2 rings (SSSR count). The highest BCUT2D eigenvalue weighted by Gasteiger charge is 2.42. The van der Waals surface area contributed by atoms with Crippen molar-refractivity contribution in [2.24, 2.45) is 11.3 Å². The maximum atomic E-state index is 12.2. The van der Waals surface area contributed by atoms with E-state index in [1.165, 1.54) is 19.3 Å². The van der Waals surface area contributed by atoms with E-state index in [9.17, 15) is 4.79 Å². The minimum absolute atomic E-state index is 0.0111. The molecule has 4 nitrogen and oxygen atoms in total. The standard InChI is InChI=1S/C14H26N2O2/c1-11-4-3-8-15-12(11)13(17)16-10-14(5-6-14)7-9-18-2/h11-12,15H,3-10H2,1-2H3,(H,16,17). The molecule has 2 unspecified atom stereocenters. The maximum absolute atomic E-state index is 12.2. The molecule has 1 saturated heterocycles. The van der Waals surface area contributed by atoms with Crippen molar-refractivity contribution < 1.29 is 9.53 Å². The van der Waals surface area contributed by atoms with E-state index in [0.29, 0.717) is 11.3 Å². The molecule has 0 aromatic carbocycles. The van der Waals surface area contributed by atoms with Crippen molar-refractivity contribution in [1.82, 2.24) is 10.6 Å². The minimum atomic E-state index is 0.0111. The quantitative estimate of drug-likeness (QED) is 0.751. The fourth-order valence-electron chi connectivity index (χ4n) is 2.80. The van der Waals surface area contributed by atoms with E-state index < -0.39 is 0 Å². The van der Waals surface area contributed by atoms with Gasteiger partial charge < -0.3 is 15.4 Å². The number of carbonyl (C=O) groups excluding carboxylic acids is 1. The number of rotatable bonds is 6. The predicted octanol–water partition coefficient (Wildman–Crippen LogP) is 1.31. The van der Waals surface area contributed by atoms with Gasteiger partial charge in [-0.2, -0.15) is 0 Å². The second-order valence-electron chi connectivity index (χ2n) is 6.01. The molecule has 0 radical (unpaired) electrons. The Bertz CT molecular complexity index is 290. The molecule has 0 aromatic heterocycles. The molecule has 2 atom stereocenters. The zero-order valence-electron chi connectivity index (χ0n) is 11.6. The number of carbonyl (C=O) groups is 1.